The number of aromatic nitrogens is 3. The van der Waals surface area contributed by atoms with Crippen LogP contribution in [0.5, 0.6) is 17.2 Å². The second-order valence-electron chi connectivity index (χ2n) is 6.05. The highest BCUT2D eigenvalue weighted by Gasteiger charge is 2.31. The van der Waals surface area contributed by atoms with Crippen LogP contribution in [0.2, 0.25) is 0 Å². The normalized spacial score (nSPS) is 15.3. The molecule has 2 heterocycles. The molecule has 1 aromatic heterocycles. The fourth-order valence-electron chi connectivity index (χ4n) is 3.15. The number of methoxy groups -OCH3 is 2. The summed E-state index contributed by atoms with van der Waals surface area (Å²) in [6, 6.07) is 11.1. The predicted octanol–water partition coefficient (Wildman–Crippen LogP) is 3.58. The van der Waals surface area contributed by atoms with Crippen molar-refractivity contribution in [2.75, 3.05) is 19.6 Å². The van der Waals surface area contributed by atoms with E-state index in [2.05, 4.69) is 28.6 Å². The van der Waals surface area contributed by atoms with E-state index in [9.17, 15) is 5.11 Å². The number of rotatable bonds is 5. The Kier molecular flexibility index (Phi) is 4.57. The standard InChI is InChI=1S/C19H20N4O3S/c1-4-11-9-13(16(26-3)10-15(11)25-2)18-22-23-17(20-21-19(23)27-18)12-7-5-6-8-14(12)24/h5-10,18,22,24H,4H2,1-3H3. The molecule has 0 bridgehead atoms. The van der Waals surface area contributed by atoms with Gasteiger partial charge >= 0.3 is 0 Å². The molecule has 0 saturated carbocycles. The monoisotopic (exact) mass is 384 g/mol. The summed E-state index contributed by atoms with van der Waals surface area (Å²) >= 11 is 1.55. The topological polar surface area (TPSA) is 81.4 Å². The first-order chi connectivity index (χ1) is 13.2. The van der Waals surface area contributed by atoms with Gasteiger partial charge < -0.3 is 20.0 Å². The molecule has 3 aromatic rings. The van der Waals surface area contributed by atoms with Crippen LogP contribution in [0.4, 0.5) is 0 Å². The largest absolute Gasteiger partial charge is 0.507 e. The molecule has 0 saturated heterocycles. The Morgan fingerprint density at radius 1 is 1.15 bits per heavy atom. The van der Waals surface area contributed by atoms with Gasteiger partial charge in [0, 0.05) is 11.6 Å². The number of nitrogens with one attached hydrogen (secondary N) is 1. The summed E-state index contributed by atoms with van der Waals surface area (Å²) < 4.78 is 12.9. The molecule has 0 radical (unpaired) electrons. The Morgan fingerprint density at radius 3 is 2.63 bits per heavy atom. The van der Waals surface area contributed by atoms with Gasteiger partial charge in [-0.25, -0.2) is 4.68 Å². The number of hydrogen-bond acceptors (Lipinski definition) is 7. The summed E-state index contributed by atoms with van der Waals surface area (Å²) in [5, 5.41) is 19.3. The van der Waals surface area contributed by atoms with Crippen LogP contribution in [0, 0.1) is 0 Å². The Labute approximate surface area is 161 Å². The van der Waals surface area contributed by atoms with Gasteiger partial charge in [0.1, 0.15) is 22.6 Å². The third kappa shape index (κ3) is 2.95. The molecular formula is C19H20N4O3S. The third-order valence-corrected chi connectivity index (χ3v) is 5.61. The molecule has 7 nitrogen and oxygen atoms in total. The lowest BCUT2D eigenvalue weighted by atomic mass is 10.1. The van der Waals surface area contributed by atoms with Crippen molar-refractivity contribution in [1.29, 1.82) is 0 Å². The van der Waals surface area contributed by atoms with Crippen molar-refractivity contribution < 1.29 is 14.6 Å². The number of benzene rings is 2. The summed E-state index contributed by atoms with van der Waals surface area (Å²) in [4.78, 5) is 0. The molecule has 1 aliphatic rings. The average Bonchev–Trinajstić information content (AvgIpc) is 3.28. The summed E-state index contributed by atoms with van der Waals surface area (Å²) in [5.74, 6) is 2.30. The van der Waals surface area contributed by atoms with Crippen LogP contribution in [-0.4, -0.2) is 34.2 Å². The van der Waals surface area contributed by atoms with Gasteiger partial charge in [0.25, 0.3) is 0 Å². The van der Waals surface area contributed by atoms with Crippen LogP contribution >= 0.6 is 11.8 Å². The molecule has 1 atom stereocenters. The molecule has 1 unspecified atom stereocenters. The summed E-state index contributed by atoms with van der Waals surface area (Å²) in [7, 11) is 3.31. The third-order valence-electron chi connectivity index (χ3n) is 4.54. The predicted molar refractivity (Wildman–Crippen MR) is 104 cm³/mol. The molecule has 0 spiro atoms. The molecule has 4 rings (SSSR count). The van der Waals surface area contributed by atoms with E-state index in [0.717, 1.165) is 34.2 Å². The molecule has 140 valence electrons. The van der Waals surface area contributed by atoms with E-state index in [4.69, 9.17) is 9.47 Å². The minimum Gasteiger partial charge on any atom is -0.507 e. The van der Waals surface area contributed by atoms with E-state index in [1.807, 2.05) is 18.2 Å². The second-order valence-corrected chi connectivity index (χ2v) is 7.12. The molecule has 27 heavy (non-hydrogen) atoms. The first-order valence-corrected chi connectivity index (χ1v) is 9.46. The van der Waals surface area contributed by atoms with Crippen LogP contribution in [0.15, 0.2) is 41.6 Å². The number of ether oxygens (including phenoxy) is 2. The maximum Gasteiger partial charge on any atom is 0.212 e. The maximum absolute atomic E-state index is 10.2. The highest BCUT2D eigenvalue weighted by atomic mass is 32.2. The van der Waals surface area contributed by atoms with E-state index < -0.39 is 0 Å². The number of fused-ring (bicyclic) bond motifs is 1. The van der Waals surface area contributed by atoms with Crippen molar-refractivity contribution in [3.63, 3.8) is 0 Å². The van der Waals surface area contributed by atoms with Gasteiger partial charge in [-0.05, 0) is 30.2 Å². The Balaban J connectivity index is 1.71. The van der Waals surface area contributed by atoms with Crippen LogP contribution in [0.3, 0.4) is 0 Å². The van der Waals surface area contributed by atoms with Crippen molar-refractivity contribution in [1.82, 2.24) is 14.9 Å². The lowest BCUT2D eigenvalue weighted by Crippen LogP contribution is -2.15. The van der Waals surface area contributed by atoms with E-state index in [0.29, 0.717) is 11.4 Å². The number of phenols is 1. The number of hydrogen-bond donors (Lipinski definition) is 2. The van der Waals surface area contributed by atoms with E-state index >= 15 is 0 Å². The first-order valence-electron chi connectivity index (χ1n) is 8.58. The molecule has 2 N–H and O–H groups in total. The number of para-hydroxylation sites is 1. The Bertz CT molecular complexity index is 989. The van der Waals surface area contributed by atoms with Gasteiger partial charge in [0.15, 0.2) is 5.82 Å². The van der Waals surface area contributed by atoms with Crippen LogP contribution < -0.4 is 14.9 Å². The number of nitrogens with zero attached hydrogens (tertiary/aromatic N) is 3. The number of thioether (sulfide) groups is 1. The lowest BCUT2D eigenvalue weighted by molar-refractivity contribution is 0.388. The van der Waals surface area contributed by atoms with Crippen molar-refractivity contribution in [3.8, 4) is 28.6 Å². The zero-order valence-electron chi connectivity index (χ0n) is 15.3. The average molecular weight is 384 g/mol. The Hall–Kier alpha value is -2.87. The van der Waals surface area contributed by atoms with Crippen molar-refractivity contribution in [2.24, 2.45) is 0 Å². The van der Waals surface area contributed by atoms with Gasteiger partial charge in [-0.2, -0.15) is 0 Å². The first kappa shape index (κ1) is 17.5. The maximum atomic E-state index is 10.2. The lowest BCUT2D eigenvalue weighted by Gasteiger charge is -2.18. The molecule has 0 fully saturated rings. The molecule has 0 amide bonds. The smallest absolute Gasteiger partial charge is 0.212 e. The fourth-order valence-corrected chi connectivity index (χ4v) is 4.17. The SMILES string of the molecule is CCc1cc(C2Nn3c(nnc3-c3ccccc3O)S2)c(OC)cc1OC. The van der Waals surface area contributed by atoms with Gasteiger partial charge in [-0.1, -0.05) is 30.8 Å². The Morgan fingerprint density at radius 2 is 1.93 bits per heavy atom. The summed E-state index contributed by atoms with van der Waals surface area (Å²) in [6.45, 7) is 2.09. The van der Waals surface area contributed by atoms with Gasteiger partial charge in [-0.15, -0.1) is 10.2 Å². The van der Waals surface area contributed by atoms with Crippen molar-refractivity contribution in [3.05, 3.63) is 47.5 Å². The minimum atomic E-state index is -0.0914. The molecule has 1 aliphatic heterocycles. The fraction of sp³-hybridized carbons (Fsp3) is 0.263. The van der Waals surface area contributed by atoms with Gasteiger partial charge in [-0.3, -0.25) is 0 Å². The molecule has 0 aliphatic carbocycles. The quantitative estimate of drug-likeness (QED) is 0.696. The van der Waals surface area contributed by atoms with Crippen molar-refractivity contribution >= 4 is 11.8 Å². The molecular weight excluding hydrogens is 364 g/mol. The number of phenolic OH excluding ortho intramolecular Hbond substituents is 1. The van der Waals surface area contributed by atoms with Crippen LogP contribution in [-0.2, 0) is 6.42 Å². The number of aromatic hydroxyl groups is 1. The highest BCUT2D eigenvalue weighted by Crippen LogP contribution is 2.45. The summed E-state index contributed by atoms with van der Waals surface area (Å²) in [5.41, 5.74) is 6.16. The van der Waals surface area contributed by atoms with Gasteiger partial charge in [0.05, 0.1) is 19.8 Å². The van der Waals surface area contributed by atoms with E-state index in [1.54, 1.807) is 42.8 Å². The van der Waals surface area contributed by atoms with E-state index in [1.165, 1.54) is 0 Å². The highest BCUT2D eigenvalue weighted by molar-refractivity contribution is 7.99. The van der Waals surface area contributed by atoms with Crippen molar-refractivity contribution in [2.45, 2.75) is 23.9 Å². The van der Waals surface area contributed by atoms with Gasteiger partial charge in [0.2, 0.25) is 5.16 Å². The number of aryl methyl sites for hydroxylation is 1. The molecule has 2 aromatic carbocycles. The van der Waals surface area contributed by atoms with Crippen LogP contribution in [0.1, 0.15) is 23.4 Å². The molecule has 8 heteroatoms. The zero-order chi connectivity index (χ0) is 19.0. The summed E-state index contributed by atoms with van der Waals surface area (Å²) in [6.07, 6.45) is 0.854. The zero-order valence-corrected chi connectivity index (χ0v) is 16.1. The second kappa shape index (κ2) is 7.03. The van der Waals surface area contributed by atoms with Crippen LogP contribution in [0.25, 0.3) is 11.4 Å². The minimum absolute atomic E-state index is 0.0914. The van der Waals surface area contributed by atoms with E-state index in [-0.39, 0.29) is 11.1 Å².